The Kier molecular flexibility index (Phi) is 3.76. The number of hydrogen-bond donors (Lipinski definition) is 1. The predicted molar refractivity (Wildman–Crippen MR) is 90.5 cm³/mol. The average molecular weight is 302 g/mol. The molecule has 2 aromatic rings. The van der Waals surface area contributed by atoms with Crippen molar-refractivity contribution in [3.8, 4) is 0 Å². The van der Waals surface area contributed by atoms with E-state index in [0.717, 1.165) is 23.8 Å². The minimum absolute atomic E-state index is 0.356. The largest absolute Gasteiger partial charge is 0.342 e. The van der Waals surface area contributed by atoms with Gasteiger partial charge in [-0.3, -0.25) is 0 Å². The molecule has 20 heavy (non-hydrogen) atoms. The van der Waals surface area contributed by atoms with Gasteiger partial charge in [0, 0.05) is 17.1 Å². The normalized spacial score (nSPS) is 17.7. The molecule has 1 atom stereocenters. The first-order chi connectivity index (χ1) is 9.66. The van der Waals surface area contributed by atoms with Crippen LogP contribution in [0.15, 0.2) is 35.7 Å². The number of nitrogens with zero attached hydrogens (tertiary/aromatic N) is 1. The average Bonchev–Trinajstić information content (AvgIpc) is 2.91. The van der Waals surface area contributed by atoms with E-state index in [1.807, 2.05) is 23.5 Å². The Morgan fingerprint density at radius 2 is 2.15 bits per heavy atom. The third-order valence-corrected chi connectivity index (χ3v) is 5.26. The molecular formula is C16H18N2S2. The van der Waals surface area contributed by atoms with Crippen LogP contribution in [0.3, 0.4) is 0 Å². The lowest BCUT2D eigenvalue weighted by molar-refractivity contribution is 0.326. The molecule has 3 rings (SSSR count). The molecule has 0 saturated heterocycles. The monoisotopic (exact) mass is 302 g/mol. The molecule has 1 aliphatic heterocycles. The molecule has 0 radical (unpaired) electrons. The molecule has 2 nitrogen and oxygen atoms in total. The lowest BCUT2D eigenvalue weighted by atomic mass is 10.0. The Morgan fingerprint density at radius 3 is 2.95 bits per heavy atom. The third-order valence-electron chi connectivity index (χ3n) is 3.92. The zero-order chi connectivity index (χ0) is 14.1. The molecule has 0 unspecified atom stereocenters. The number of anilines is 1. The number of hydrogen-bond acceptors (Lipinski definition) is 2. The van der Waals surface area contributed by atoms with E-state index < -0.39 is 0 Å². The molecule has 1 aromatic carbocycles. The van der Waals surface area contributed by atoms with Crippen LogP contribution in [0.1, 0.15) is 29.0 Å². The van der Waals surface area contributed by atoms with Gasteiger partial charge in [-0.15, -0.1) is 11.3 Å². The van der Waals surface area contributed by atoms with Crippen molar-refractivity contribution in [3.63, 3.8) is 0 Å². The second-order valence-corrected chi connectivity index (χ2v) is 6.55. The van der Waals surface area contributed by atoms with E-state index in [1.54, 1.807) is 0 Å². The first kappa shape index (κ1) is 13.6. The van der Waals surface area contributed by atoms with Gasteiger partial charge in [-0.25, -0.2) is 0 Å². The first-order valence-corrected chi connectivity index (χ1v) is 8.15. The van der Waals surface area contributed by atoms with Crippen molar-refractivity contribution in [2.75, 3.05) is 11.9 Å². The van der Waals surface area contributed by atoms with Crippen LogP contribution < -0.4 is 5.32 Å². The van der Waals surface area contributed by atoms with Gasteiger partial charge in [-0.05, 0) is 61.1 Å². The maximum atomic E-state index is 5.61. The van der Waals surface area contributed by atoms with Gasteiger partial charge in [0.1, 0.15) is 0 Å². The molecule has 0 fully saturated rings. The van der Waals surface area contributed by atoms with Crippen LogP contribution in [0.4, 0.5) is 5.69 Å². The van der Waals surface area contributed by atoms with Crippen molar-refractivity contribution in [1.82, 2.24) is 4.90 Å². The molecule has 1 aliphatic rings. The molecule has 104 valence electrons. The number of thiophene rings is 1. The quantitative estimate of drug-likeness (QED) is 0.787. The van der Waals surface area contributed by atoms with E-state index in [9.17, 15) is 0 Å². The van der Waals surface area contributed by atoms with Gasteiger partial charge in [-0.2, -0.15) is 0 Å². The van der Waals surface area contributed by atoms with Gasteiger partial charge < -0.3 is 10.2 Å². The SMILES string of the molecule is Cc1ccccc1NC(=S)N1CCc2sccc2[C@H]1C. The van der Waals surface area contributed by atoms with Gasteiger partial charge in [0.15, 0.2) is 5.11 Å². The molecule has 4 heteroatoms. The molecule has 1 N–H and O–H groups in total. The Hall–Kier alpha value is -1.39. The predicted octanol–water partition coefficient (Wildman–Crippen LogP) is 4.37. The minimum Gasteiger partial charge on any atom is -0.342 e. The summed E-state index contributed by atoms with van der Waals surface area (Å²) in [7, 11) is 0. The summed E-state index contributed by atoms with van der Waals surface area (Å²) in [5, 5.41) is 6.40. The topological polar surface area (TPSA) is 15.3 Å². The van der Waals surface area contributed by atoms with Crippen LogP contribution >= 0.6 is 23.6 Å². The van der Waals surface area contributed by atoms with E-state index >= 15 is 0 Å². The zero-order valence-electron chi connectivity index (χ0n) is 11.7. The van der Waals surface area contributed by atoms with Crippen molar-refractivity contribution in [1.29, 1.82) is 0 Å². The van der Waals surface area contributed by atoms with Crippen molar-refractivity contribution < 1.29 is 0 Å². The van der Waals surface area contributed by atoms with Gasteiger partial charge in [-0.1, -0.05) is 18.2 Å². The molecule has 0 aliphatic carbocycles. The van der Waals surface area contributed by atoms with E-state index in [4.69, 9.17) is 12.2 Å². The highest BCUT2D eigenvalue weighted by Gasteiger charge is 2.26. The summed E-state index contributed by atoms with van der Waals surface area (Å²) in [6.45, 7) is 5.32. The maximum absolute atomic E-state index is 5.61. The summed E-state index contributed by atoms with van der Waals surface area (Å²) in [6, 6.07) is 10.8. The van der Waals surface area contributed by atoms with Crippen molar-refractivity contribution in [3.05, 3.63) is 51.7 Å². The van der Waals surface area contributed by atoms with E-state index in [0.29, 0.717) is 6.04 Å². The Labute approximate surface area is 129 Å². The van der Waals surface area contributed by atoms with Crippen LogP contribution in [0.25, 0.3) is 0 Å². The molecule has 0 spiro atoms. The highest BCUT2D eigenvalue weighted by molar-refractivity contribution is 7.80. The van der Waals surface area contributed by atoms with E-state index in [1.165, 1.54) is 16.0 Å². The van der Waals surface area contributed by atoms with Gasteiger partial charge in [0.25, 0.3) is 0 Å². The van der Waals surface area contributed by atoms with Crippen molar-refractivity contribution in [2.24, 2.45) is 0 Å². The highest BCUT2D eigenvalue weighted by Crippen LogP contribution is 2.33. The Balaban J connectivity index is 1.77. The number of benzene rings is 1. The van der Waals surface area contributed by atoms with E-state index in [-0.39, 0.29) is 0 Å². The lowest BCUT2D eigenvalue weighted by Gasteiger charge is -2.35. The fourth-order valence-corrected chi connectivity index (χ4v) is 4.01. The number of rotatable bonds is 1. The zero-order valence-corrected chi connectivity index (χ0v) is 13.4. The van der Waals surface area contributed by atoms with Gasteiger partial charge in [0.05, 0.1) is 6.04 Å². The summed E-state index contributed by atoms with van der Waals surface area (Å²) < 4.78 is 0. The van der Waals surface area contributed by atoms with Crippen molar-refractivity contribution in [2.45, 2.75) is 26.3 Å². The summed E-state index contributed by atoms with van der Waals surface area (Å²) in [5.74, 6) is 0. The Morgan fingerprint density at radius 1 is 1.35 bits per heavy atom. The number of nitrogens with one attached hydrogen (secondary N) is 1. The minimum atomic E-state index is 0.356. The van der Waals surface area contributed by atoms with Gasteiger partial charge in [0.2, 0.25) is 0 Å². The smallest absolute Gasteiger partial charge is 0.173 e. The molecular weight excluding hydrogens is 284 g/mol. The lowest BCUT2D eigenvalue weighted by Crippen LogP contribution is -2.40. The molecule has 1 aromatic heterocycles. The molecule has 0 saturated carbocycles. The summed E-state index contributed by atoms with van der Waals surface area (Å²) in [6.07, 6.45) is 1.09. The highest BCUT2D eigenvalue weighted by atomic mass is 32.1. The van der Waals surface area contributed by atoms with Gasteiger partial charge >= 0.3 is 0 Å². The number of fused-ring (bicyclic) bond motifs is 1. The second-order valence-electron chi connectivity index (χ2n) is 5.16. The fraction of sp³-hybridized carbons (Fsp3) is 0.312. The number of aryl methyl sites for hydroxylation is 1. The number of para-hydroxylation sites is 1. The summed E-state index contributed by atoms with van der Waals surface area (Å²) in [5.41, 5.74) is 3.74. The van der Waals surface area contributed by atoms with Crippen LogP contribution in [-0.4, -0.2) is 16.6 Å². The second kappa shape index (κ2) is 5.54. The van der Waals surface area contributed by atoms with Crippen LogP contribution in [0.5, 0.6) is 0 Å². The van der Waals surface area contributed by atoms with Crippen molar-refractivity contribution >= 4 is 34.4 Å². The maximum Gasteiger partial charge on any atom is 0.173 e. The van der Waals surface area contributed by atoms with E-state index in [2.05, 4.69) is 47.6 Å². The molecule has 0 amide bonds. The molecule has 0 bridgehead atoms. The molecule has 2 heterocycles. The standard InChI is InChI=1S/C16H18N2S2/c1-11-5-3-4-6-14(11)17-16(19)18-9-7-15-13(12(18)2)8-10-20-15/h3-6,8,10,12H,7,9H2,1-2H3,(H,17,19)/t12-/m1/s1. The summed E-state index contributed by atoms with van der Waals surface area (Å²) >= 11 is 7.47. The number of thiocarbonyl (C=S) groups is 1. The van der Waals surface area contributed by atoms with Crippen LogP contribution in [-0.2, 0) is 6.42 Å². The third kappa shape index (κ3) is 2.45. The fourth-order valence-electron chi connectivity index (χ4n) is 2.69. The first-order valence-electron chi connectivity index (χ1n) is 6.86. The Bertz CT molecular complexity index is 633. The van der Waals surface area contributed by atoms with Crippen LogP contribution in [0, 0.1) is 6.92 Å². The van der Waals surface area contributed by atoms with Crippen LogP contribution in [0.2, 0.25) is 0 Å². The summed E-state index contributed by atoms with van der Waals surface area (Å²) in [4.78, 5) is 3.80.